The van der Waals surface area contributed by atoms with Crippen molar-refractivity contribution >= 4 is 0 Å². The molecule has 0 unspecified atom stereocenters. The van der Waals surface area contributed by atoms with Gasteiger partial charge >= 0.3 is 0 Å². The van der Waals surface area contributed by atoms with E-state index in [1.807, 2.05) is 0 Å². The molecule has 2 nitrogen and oxygen atoms in total. The van der Waals surface area contributed by atoms with Crippen LogP contribution in [0.3, 0.4) is 0 Å². The molecule has 0 radical (unpaired) electrons. The SMILES string of the molecule is C[C@@H](COC(C)(C)C)CN1CCCC[C@H]1C. The Hall–Kier alpha value is -0.0800. The Morgan fingerprint density at radius 3 is 2.56 bits per heavy atom. The van der Waals surface area contributed by atoms with Gasteiger partial charge in [-0.15, -0.1) is 0 Å². The molecule has 0 saturated carbocycles. The molecule has 0 amide bonds. The minimum atomic E-state index is 0.00176. The summed E-state index contributed by atoms with van der Waals surface area (Å²) in [6.45, 7) is 14.4. The van der Waals surface area contributed by atoms with E-state index >= 15 is 0 Å². The Balaban J connectivity index is 2.24. The second kappa shape index (κ2) is 6.02. The Kier molecular flexibility index (Phi) is 5.26. The molecule has 1 saturated heterocycles. The largest absolute Gasteiger partial charge is 0.376 e. The van der Waals surface area contributed by atoms with Crippen LogP contribution in [0.4, 0.5) is 0 Å². The summed E-state index contributed by atoms with van der Waals surface area (Å²) in [5.41, 5.74) is 0.00176. The van der Waals surface area contributed by atoms with Gasteiger partial charge in [-0.2, -0.15) is 0 Å². The number of piperidine rings is 1. The monoisotopic (exact) mass is 227 g/mol. The van der Waals surface area contributed by atoms with E-state index in [-0.39, 0.29) is 5.60 Å². The van der Waals surface area contributed by atoms with Crippen LogP contribution < -0.4 is 0 Å². The first-order valence-electron chi connectivity index (χ1n) is 6.76. The number of likely N-dealkylation sites (tertiary alicyclic amines) is 1. The van der Waals surface area contributed by atoms with E-state index in [1.165, 1.54) is 32.4 Å². The van der Waals surface area contributed by atoms with Gasteiger partial charge in [0.05, 0.1) is 12.2 Å². The molecule has 1 aliphatic heterocycles. The minimum absolute atomic E-state index is 0.00176. The molecule has 96 valence electrons. The van der Waals surface area contributed by atoms with Crippen LogP contribution >= 0.6 is 0 Å². The standard InChI is InChI=1S/C14H29NO/c1-12(11-16-14(3,4)5)10-15-9-7-6-8-13(15)2/h12-13H,6-11H2,1-5H3/t12-,13-/m1/s1. The van der Waals surface area contributed by atoms with Crippen molar-refractivity contribution in [2.75, 3.05) is 19.7 Å². The predicted molar refractivity (Wildman–Crippen MR) is 69.8 cm³/mol. The highest BCUT2D eigenvalue weighted by Gasteiger charge is 2.21. The van der Waals surface area contributed by atoms with Crippen molar-refractivity contribution in [1.82, 2.24) is 4.90 Å². The Morgan fingerprint density at radius 1 is 1.31 bits per heavy atom. The zero-order valence-corrected chi connectivity index (χ0v) is 11.8. The maximum atomic E-state index is 5.84. The normalized spacial score (nSPS) is 25.7. The molecule has 0 aromatic carbocycles. The first-order valence-corrected chi connectivity index (χ1v) is 6.76. The van der Waals surface area contributed by atoms with E-state index in [2.05, 4.69) is 39.5 Å². The number of hydrogen-bond donors (Lipinski definition) is 0. The summed E-state index contributed by atoms with van der Waals surface area (Å²) in [5, 5.41) is 0. The average molecular weight is 227 g/mol. The lowest BCUT2D eigenvalue weighted by Gasteiger charge is -2.35. The van der Waals surface area contributed by atoms with Crippen LogP contribution in [0.5, 0.6) is 0 Å². The summed E-state index contributed by atoms with van der Waals surface area (Å²) in [7, 11) is 0. The highest BCUT2D eigenvalue weighted by molar-refractivity contribution is 4.75. The van der Waals surface area contributed by atoms with Gasteiger partial charge in [-0.1, -0.05) is 13.3 Å². The number of ether oxygens (including phenoxy) is 1. The number of rotatable bonds is 4. The van der Waals surface area contributed by atoms with Crippen molar-refractivity contribution in [1.29, 1.82) is 0 Å². The molecule has 0 spiro atoms. The van der Waals surface area contributed by atoms with Crippen LogP contribution in [0.1, 0.15) is 53.9 Å². The Labute approximate surface area is 101 Å². The molecule has 0 N–H and O–H groups in total. The third kappa shape index (κ3) is 5.31. The molecule has 1 heterocycles. The van der Waals surface area contributed by atoms with Gasteiger partial charge in [-0.05, 0) is 53.0 Å². The van der Waals surface area contributed by atoms with Crippen molar-refractivity contribution in [2.24, 2.45) is 5.92 Å². The van der Waals surface area contributed by atoms with Crippen molar-refractivity contribution in [3.8, 4) is 0 Å². The lowest BCUT2D eigenvalue weighted by atomic mass is 10.0. The fourth-order valence-corrected chi connectivity index (χ4v) is 2.27. The van der Waals surface area contributed by atoms with Gasteiger partial charge < -0.3 is 9.64 Å². The third-order valence-electron chi connectivity index (χ3n) is 3.29. The Morgan fingerprint density at radius 2 is 2.00 bits per heavy atom. The zero-order valence-electron chi connectivity index (χ0n) is 11.8. The molecule has 0 aliphatic carbocycles. The maximum Gasteiger partial charge on any atom is 0.0598 e. The quantitative estimate of drug-likeness (QED) is 0.730. The van der Waals surface area contributed by atoms with Crippen LogP contribution in [0.25, 0.3) is 0 Å². The van der Waals surface area contributed by atoms with Gasteiger partial charge in [0.25, 0.3) is 0 Å². The van der Waals surface area contributed by atoms with E-state index in [0.29, 0.717) is 5.92 Å². The topological polar surface area (TPSA) is 12.5 Å². The van der Waals surface area contributed by atoms with Gasteiger partial charge in [0.1, 0.15) is 0 Å². The zero-order chi connectivity index (χ0) is 12.2. The summed E-state index contributed by atoms with van der Waals surface area (Å²) in [6, 6.07) is 0.769. The van der Waals surface area contributed by atoms with E-state index < -0.39 is 0 Å². The van der Waals surface area contributed by atoms with Gasteiger partial charge in [0.15, 0.2) is 0 Å². The van der Waals surface area contributed by atoms with E-state index in [4.69, 9.17) is 4.74 Å². The summed E-state index contributed by atoms with van der Waals surface area (Å²) in [5.74, 6) is 0.639. The molecule has 0 aromatic heterocycles. The first kappa shape index (κ1) is 14.0. The fourth-order valence-electron chi connectivity index (χ4n) is 2.27. The van der Waals surface area contributed by atoms with Crippen LogP contribution in [-0.4, -0.2) is 36.2 Å². The van der Waals surface area contributed by atoms with Gasteiger partial charge in [-0.3, -0.25) is 0 Å². The van der Waals surface area contributed by atoms with E-state index in [1.54, 1.807) is 0 Å². The van der Waals surface area contributed by atoms with Crippen LogP contribution in [0.2, 0.25) is 0 Å². The first-order chi connectivity index (χ1) is 7.38. The highest BCUT2D eigenvalue weighted by atomic mass is 16.5. The summed E-state index contributed by atoms with van der Waals surface area (Å²) >= 11 is 0. The smallest absolute Gasteiger partial charge is 0.0598 e. The van der Waals surface area contributed by atoms with Crippen molar-refractivity contribution in [2.45, 2.75) is 65.5 Å². The summed E-state index contributed by atoms with van der Waals surface area (Å²) < 4.78 is 5.84. The van der Waals surface area contributed by atoms with E-state index in [0.717, 1.165) is 12.6 Å². The van der Waals surface area contributed by atoms with E-state index in [9.17, 15) is 0 Å². The molecule has 2 atom stereocenters. The molecule has 0 aromatic rings. The number of hydrogen-bond acceptors (Lipinski definition) is 2. The minimum Gasteiger partial charge on any atom is -0.376 e. The molecule has 16 heavy (non-hydrogen) atoms. The lowest BCUT2D eigenvalue weighted by Crippen LogP contribution is -2.41. The van der Waals surface area contributed by atoms with Crippen molar-refractivity contribution in [3.05, 3.63) is 0 Å². The highest BCUT2D eigenvalue weighted by Crippen LogP contribution is 2.18. The summed E-state index contributed by atoms with van der Waals surface area (Å²) in [4.78, 5) is 2.63. The summed E-state index contributed by atoms with van der Waals surface area (Å²) in [6.07, 6.45) is 4.15. The second-order valence-electron chi connectivity index (χ2n) is 6.37. The lowest BCUT2D eigenvalue weighted by molar-refractivity contribution is -0.0273. The molecular formula is C14H29NO. The second-order valence-corrected chi connectivity index (χ2v) is 6.37. The van der Waals surface area contributed by atoms with Crippen LogP contribution in [0.15, 0.2) is 0 Å². The van der Waals surface area contributed by atoms with Crippen LogP contribution in [-0.2, 0) is 4.74 Å². The van der Waals surface area contributed by atoms with Crippen LogP contribution in [0, 0.1) is 5.92 Å². The molecule has 2 heteroatoms. The average Bonchev–Trinajstić information content (AvgIpc) is 2.18. The van der Waals surface area contributed by atoms with Gasteiger partial charge in [0.2, 0.25) is 0 Å². The van der Waals surface area contributed by atoms with Crippen molar-refractivity contribution < 1.29 is 4.74 Å². The Bertz CT molecular complexity index is 197. The molecule has 1 rings (SSSR count). The fraction of sp³-hybridized carbons (Fsp3) is 1.00. The van der Waals surface area contributed by atoms with Gasteiger partial charge in [0, 0.05) is 12.6 Å². The maximum absolute atomic E-state index is 5.84. The molecular weight excluding hydrogens is 198 g/mol. The van der Waals surface area contributed by atoms with Gasteiger partial charge in [-0.25, -0.2) is 0 Å². The number of nitrogens with zero attached hydrogens (tertiary/aromatic N) is 1. The van der Waals surface area contributed by atoms with Crippen molar-refractivity contribution in [3.63, 3.8) is 0 Å². The third-order valence-corrected chi connectivity index (χ3v) is 3.29. The predicted octanol–water partition coefficient (Wildman–Crippen LogP) is 3.31. The molecule has 0 bridgehead atoms. The molecule has 1 fully saturated rings. The molecule has 1 aliphatic rings.